The van der Waals surface area contributed by atoms with E-state index in [1.54, 1.807) is 11.0 Å². The van der Waals surface area contributed by atoms with E-state index >= 15 is 0 Å². The van der Waals surface area contributed by atoms with Crippen LogP contribution in [0.2, 0.25) is 0 Å². The van der Waals surface area contributed by atoms with Crippen LogP contribution < -0.4 is 10.6 Å². The molecule has 0 saturated carbocycles. The Kier molecular flexibility index (Phi) is 3.22. The molecule has 0 bridgehead atoms. The average Bonchev–Trinajstić information content (AvgIpc) is 2.83. The topological polar surface area (TPSA) is 46.3 Å². The number of rotatable bonds is 1. The van der Waals surface area contributed by atoms with Crippen LogP contribution >= 0.6 is 15.9 Å². The van der Waals surface area contributed by atoms with Gasteiger partial charge in [0.1, 0.15) is 5.82 Å². The molecule has 20 heavy (non-hydrogen) atoms. The van der Waals surface area contributed by atoms with Gasteiger partial charge in [0.15, 0.2) is 0 Å². The van der Waals surface area contributed by atoms with Crippen molar-refractivity contribution in [3.63, 3.8) is 0 Å². The summed E-state index contributed by atoms with van der Waals surface area (Å²) in [7, 11) is 0. The van der Waals surface area contributed by atoms with Crippen molar-refractivity contribution in [2.24, 2.45) is 0 Å². The molecule has 0 radical (unpaired) electrons. The van der Waals surface area contributed by atoms with Gasteiger partial charge in [-0.25, -0.2) is 4.39 Å². The fourth-order valence-electron chi connectivity index (χ4n) is 2.50. The summed E-state index contributed by atoms with van der Waals surface area (Å²) in [6, 6.07) is 9.69. The molecule has 0 fully saturated rings. The SMILES string of the molecule is Nc1cccc2c1N(C(=O)c1ccc(F)cc1Br)CC2. The number of para-hydroxylation sites is 1. The van der Waals surface area contributed by atoms with Crippen molar-refractivity contribution in [2.45, 2.75) is 6.42 Å². The molecule has 0 atom stereocenters. The number of nitrogen functional groups attached to an aromatic ring is 1. The maximum Gasteiger partial charge on any atom is 0.259 e. The smallest absolute Gasteiger partial charge is 0.259 e. The van der Waals surface area contributed by atoms with Crippen LogP contribution in [0.25, 0.3) is 0 Å². The Morgan fingerprint density at radius 2 is 2.10 bits per heavy atom. The van der Waals surface area contributed by atoms with Gasteiger partial charge in [-0.3, -0.25) is 4.79 Å². The molecule has 1 aliphatic heterocycles. The fraction of sp³-hybridized carbons (Fsp3) is 0.133. The highest BCUT2D eigenvalue weighted by atomic mass is 79.9. The molecule has 2 aromatic rings. The summed E-state index contributed by atoms with van der Waals surface area (Å²) >= 11 is 3.23. The van der Waals surface area contributed by atoms with Crippen LogP contribution in [0.3, 0.4) is 0 Å². The van der Waals surface area contributed by atoms with Crippen LogP contribution in [0.5, 0.6) is 0 Å². The molecule has 0 aromatic heterocycles. The van der Waals surface area contributed by atoms with Gasteiger partial charge in [0.25, 0.3) is 5.91 Å². The van der Waals surface area contributed by atoms with Gasteiger partial charge in [-0.05, 0) is 52.2 Å². The van der Waals surface area contributed by atoms with Gasteiger partial charge in [-0.2, -0.15) is 0 Å². The zero-order valence-electron chi connectivity index (χ0n) is 10.6. The highest BCUT2D eigenvalue weighted by Gasteiger charge is 2.28. The van der Waals surface area contributed by atoms with E-state index in [2.05, 4.69) is 15.9 Å². The van der Waals surface area contributed by atoms with Crippen LogP contribution in [-0.4, -0.2) is 12.5 Å². The summed E-state index contributed by atoms with van der Waals surface area (Å²) in [5.41, 5.74) is 8.84. The summed E-state index contributed by atoms with van der Waals surface area (Å²) in [5.74, 6) is -0.553. The second-order valence-corrected chi connectivity index (χ2v) is 5.54. The van der Waals surface area contributed by atoms with Crippen molar-refractivity contribution in [2.75, 3.05) is 17.2 Å². The largest absolute Gasteiger partial charge is 0.397 e. The van der Waals surface area contributed by atoms with Gasteiger partial charge >= 0.3 is 0 Å². The van der Waals surface area contributed by atoms with Crippen LogP contribution in [0, 0.1) is 5.82 Å². The Hall–Kier alpha value is -1.88. The Labute approximate surface area is 124 Å². The first-order valence-corrected chi connectivity index (χ1v) is 7.01. The Morgan fingerprint density at radius 3 is 2.85 bits per heavy atom. The lowest BCUT2D eigenvalue weighted by Gasteiger charge is -2.19. The third kappa shape index (κ3) is 2.08. The zero-order valence-corrected chi connectivity index (χ0v) is 12.2. The molecule has 0 spiro atoms. The Balaban J connectivity index is 2.02. The minimum absolute atomic E-state index is 0.173. The van der Waals surface area contributed by atoms with Crippen LogP contribution in [0.4, 0.5) is 15.8 Å². The molecule has 3 rings (SSSR count). The molecule has 102 valence electrons. The standard InChI is InChI=1S/C15H12BrFN2O/c16-12-8-10(17)4-5-11(12)15(20)19-7-6-9-2-1-3-13(18)14(9)19/h1-5,8H,6-7,18H2. The van der Waals surface area contributed by atoms with E-state index in [1.807, 2.05) is 12.1 Å². The minimum Gasteiger partial charge on any atom is -0.397 e. The monoisotopic (exact) mass is 334 g/mol. The molecule has 1 aliphatic rings. The van der Waals surface area contributed by atoms with Crippen molar-refractivity contribution in [1.82, 2.24) is 0 Å². The third-order valence-corrected chi connectivity index (χ3v) is 4.09. The van der Waals surface area contributed by atoms with Gasteiger partial charge < -0.3 is 10.6 Å². The Morgan fingerprint density at radius 1 is 1.30 bits per heavy atom. The molecule has 0 saturated heterocycles. The number of halogens is 2. The molecule has 2 aromatic carbocycles. The van der Waals surface area contributed by atoms with Gasteiger partial charge in [0, 0.05) is 11.0 Å². The van der Waals surface area contributed by atoms with E-state index in [0.29, 0.717) is 22.3 Å². The lowest BCUT2D eigenvalue weighted by atomic mass is 10.1. The average molecular weight is 335 g/mol. The number of fused-ring (bicyclic) bond motifs is 1. The summed E-state index contributed by atoms with van der Waals surface area (Å²) in [5, 5.41) is 0. The number of hydrogen-bond donors (Lipinski definition) is 1. The number of anilines is 2. The van der Waals surface area contributed by atoms with Crippen molar-refractivity contribution >= 4 is 33.2 Å². The predicted molar refractivity (Wildman–Crippen MR) is 80.3 cm³/mol. The lowest BCUT2D eigenvalue weighted by Crippen LogP contribution is -2.29. The second-order valence-electron chi connectivity index (χ2n) is 4.69. The number of nitrogens with two attached hydrogens (primary N) is 1. The quantitative estimate of drug-likeness (QED) is 0.812. The van der Waals surface area contributed by atoms with E-state index in [-0.39, 0.29) is 11.7 Å². The van der Waals surface area contributed by atoms with E-state index in [0.717, 1.165) is 17.7 Å². The lowest BCUT2D eigenvalue weighted by molar-refractivity contribution is 0.0988. The van der Waals surface area contributed by atoms with Gasteiger partial charge in [-0.1, -0.05) is 12.1 Å². The Bertz CT molecular complexity index is 702. The summed E-state index contributed by atoms with van der Waals surface area (Å²) in [4.78, 5) is 14.3. The highest BCUT2D eigenvalue weighted by Crippen LogP contribution is 2.35. The third-order valence-electron chi connectivity index (χ3n) is 3.43. The van der Waals surface area contributed by atoms with Crippen molar-refractivity contribution in [3.05, 3.63) is 57.8 Å². The molecular formula is C15H12BrFN2O. The van der Waals surface area contributed by atoms with Gasteiger partial charge in [0.2, 0.25) is 0 Å². The first kappa shape index (κ1) is 13.1. The molecule has 0 aliphatic carbocycles. The van der Waals surface area contributed by atoms with Gasteiger partial charge in [0.05, 0.1) is 16.9 Å². The van der Waals surface area contributed by atoms with Crippen molar-refractivity contribution in [3.8, 4) is 0 Å². The fourth-order valence-corrected chi connectivity index (χ4v) is 3.02. The van der Waals surface area contributed by atoms with E-state index in [4.69, 9.17) is 5.73 Å². The zero-order chi connectivity index (χ0) is 14.3. The van der Waals surface area contributed by atoms with E-state index in [9.17, 15) is 9.18 Å². The normalized spacial score (nSPS) is 13.4. The molecule has 1 heterocycles. The number of benzene rings is 2. The van der Waals surface area contributed by atoms with Crippen LogP contribution in [0.1, 0.15) is 15.9 Å². The molecule has 0 unspecified atom stereocenters. The minimum atomic E-state index is -0.380. The van der Waals surface area contributed by atoms with E-state index in [1.165, 1.54) is 18.2 Å². The summed E-state index contributed by atoms with van der Waals surface area (Å²) in [6.45, 7) is 0.589. The first-order valence-electron chi connectivity index (χ1n) is 6.22. The molecule has 3 nitrogen and oxygen atoms in total. The van der Waals surface area contributed by atoms with Crippen LogP contribution in [0.15, 0.2) is 40.9 Å². The number of nitrogens with zero attached hydrogens (tertiary/aromatic N) is 1. The van der Waals surface area contributed by atoms with Crippen LogP contribution in [-0.2, 0) is 6.42 Å². The number of carbonyl (C=O) groups excluding carboxylic acids is 1. The summed E-state index contributed by atoms with van der Waals surface area (Å²) < 4.78 is 13.6. The van der Waals surface area contributed by atoms with Crippen molar-refractivity contribution < 1.29 is 9.18 Å². The molecule has 2 N–H and O–H groups in total. The van der Waals surface area contributed by atoms with Gasteiger partial charge in [-0.15, -0.1) is 0 Å². The van der Waals surface area contributed by atoms with E-state index < -0.39 is 0 Å². The molecule has 5 heteroatoms. The highest BCUT2D eigenvalue weighted by molar-refractivity contribution is 9.10. The van der Waals surface area contributed by atoms with Crippen molar-refractivity contribution in [1.29, 1.82) is 0 Å². The number of hydrogen-bond acceptors (Lipinski definition) is 2. The first-order chi connectivity index (χ1) is 9.58. The maximum atomic E-state index is 13.1. The second kappa shape index (κ2) is 4.90. The molecule has 1 amide bonds. The number of amides is 1. The number of carbonyl (C=O) groups is 1. The predicted octanol–water partition coefficient (Wildman–Crippen LogP) is 3.37. The maximum absolute atomic E-state index is 13.1. The summed E-state index contributed by atoms with van der Waals surface area (Å²) in [6.07, 6.45) is 0.783. The molecular weight excluding hydrogens is 323 g/mol.